The van der Waals surface area contributed by atoms with Crippen LogP contribution in [-0.4, -0.2) is 35.1 Å². The Bertz CT molecular complexity index is 443. The molecule has 0 radical (unpaired) electrons. The van der Waals surface area contributed by atoms with Gasteiger partial charge >= 0.3 is 0 Å². The fraction of sp³-hybridized carbons (Fsp3) is 0.667. The standard InChI is InChI=1S/C12H16Cl2N2O3/c1-12(2)18-7-9(19-12)3-4-17-6-8-5-15-11(14)16-10(8)13/h5,9H,3-4,6-7H2,1-2H3. The van der Waals surface area contributed by atoms with Gasteiger partial charge in [-0.05, 0) is 31.9 Å². The van der Waals surface area contributed by atoms with E-state index in [-0.39, 0.29) is 11.4 Å². The van der Waals surface area contributed by atoms with E-state index in [0.717, 1.165) is 12.0 Å². The van der Waals surface area contributed by atoms with Crippen LogP contribution in [0.25, 0.3) is 0 Å². The van der Waals surface area contributed by atoms with Gasteiger partial charge in [-0.2, -0.15) is 0 Å². The van der Waals surface area contributed by atoms with Crippen LogP contribution in [0.1, 0.15) is 25.8 Å². The summed E-state index contributed by atoms with van der Waals surface area (Å²) < 4.78 is 16.7. The first-order valence-corrected chi connectivity index (χ1v) is 6.78. The number of hydrogen-bond acceptors (Lipinski definition) is 5. The molecule has 1 aromatic rings. The molecule has 1 aliphatic rings. The van der Waals surface area contributed by atoms with E-state index in [1.165, 1.54) is 0 Å². The van der Waals surface area contributed by atoms with Crippen LogP contribution in [0.2, 0.25) is 10.4 Å². The summed E-state index contributed by atoms with van der Waals surface area (Å²) in [5.74, 6) is -0.488. The molecule has 0 spiro atoms. The molecule has 0 bridgehead atoms. The van der Waals surface area contributed by atoms with Gasteiger partial charge in [-0.1, -0.05) is 11.6 Å². The predicted octanol–water partition coefficient (Wildman–Crippen LogP) is 2.84. The topological polar surface area (TPSA) is 53.5 Å². The molecule has 1 atom stereocenters. The van der Waals surface area contributed by atoms with E-state index in [9.17, 15) is 0 Å². The SMILES string of the molecule is CC1(C)OCC(CCOCc2cnc(Cl)nc2Cl)O1. The monoisotopic (exact) mass is 306 g/mol. The predicted molar refractivity (Wildman–Crippen MR) is 71.2 cm³/mol. The van der Waals surface area contributed by atoms with Crippen molar-refractivity contribution in [1.82, 2.24) is 9.97 Å². The maximum atomic E-state index is 5.91. The summed E-state index contributed by atoms with van der Waals surface area (Å²) in [6, 6.07) is 0. The molecule has 7 heteroatoms. The van der Waals surface area contributed by atoms with Gasteiger partial charge in [-0.15, -0.1) is 0 Å². The zero-order valence-electron chi connectivity index (χ0n) is 10.9. The van der Waals surface area contributed by atoms with Gasteiger partial charge in [0, 0.05) is 18.4 Å². The first kappa shape index (κ1) is 14.9. The van der Waals surface area contributed by atoms with Crippen molar-refractivity contribution in [1.29, 1.82) is 0 Å². The van der Waals surface area contributed by atoms with Crippen LogP contribution >= 0.6 is 23.2 Å². The highest BCUT2D eigenvalue weighted by Gasteiger charge is 2.32. The third kappa shape index (κ3) is 4.54. The van der Waals surface area contributed by atoms with E-state index in [4.69, 9.17) is 37.4 Å². The second kappa shape index (κ2) is 6.33. The van der Waals surface area contributed by atoms with E-state index in [2.05, 4.69) is 9.97 Å². The van der Waals surface area contributed by atoms with Crippen molar-refractivity contribution in [3.05, 3.63) is 22.2 Å². The van der Waals surface area contributed by atoms with Crippen molar-refractivity contribution < 1.29 is 14.2 Å². The molecule has 1 fully saturated rings. The van der Waals surface area contributed by atoms with E-state index < -0.39 is 5.79 Å². The molecule has 1 saturated heterocycles. The average Bonchev–Trinajstić information content (AvgIpc) is 2.67. The van der Waals surface area contributed by atoms with E-state index in [1.54, 1.807) is 6.20 Å². The molecule has 0 aliphatic carbocycles. The summed E-state index contributed by atoms with van der Waals surface area (Å²) in [6.45, 7) is 5.31. The summed E-state index contributed by atoms with van der Waals surface area (Å²) in [4.78, 5) is 7.70. The Labute approximate surface area is 122 Å². The van der Waals surface area contributed by atoms with Gasteiger partial charge in [0.2, 0.25) is 5.28 Å². The lowest BCUT2D eigenvalue weighted by Crippen LogP contribution is -2.22. The lowest BCUT2D eigenvalue weighted by Gasteiger charge is -2.17. The van der Waals surface area contributed by atoms with Crippen LogP contribution in [-0.2, 0) is 20.8 Å². The minimum atomic E-state index is -0.488. The first-order chi connectivity index (χ1) is 8.96. The Hall–Kier alpha value is -0.460. The largest absolute Gasteiger partial charge is 0.376 e. The number of rotatable bonds is 5. The summed E-state index contributed by atoms with van der Waals surface area (Å²) in [6.07, 6.45) is 2.41. The first-order valence-electron chi connectivity index (χ1n) is 6.03. The van der Waals surface area contributed by atoms with Crippen molar-refractivity contribution in [2.24, 2.45) is 0 Å². The molecule has 0 saturated carbocycles. The van der Waals surface area contributed by atoms with Gasteiger partial charge in [0.25, 0.3) is 0 Å². The molecule has 0 amide bonds. The zero-order chi connectivity index (χ0) is 13.9. The summed E-state index contributed by atoms with van der Waals surface area (Å²) in [5, 5.41) is 0.453. The molecule has 106 valence electrons. The summed E-state index contributed by atoms with van der Waals surface area (Å²) in [5.41, 5.74) is 0.718. The zero-order valence-corrected chi connectivity index (χ0v) is 12.4. The van der Waals surface area contributed by atoms with Gasteiger partial charge in [0.15, 0.2) is 5.79 Å². The second-order valence-corrected chi connectivity index (χ2v) is 5.44. The van der Waals surface area contributed by atoms with Gasteiger partial charge in [0.1, 0.15) is 5.15 Å². The van der Waals surface area contributed by atoms with Gasteiger partial charge in [0.05, 0.1) is 19.3 Å². The van der Waals surface area contributed by atoms with E-state index >= 15 is 0 Å². The fourth-order valence-electron chi connectivity index (χ4n) is 1.77. The van der Waals surface area contributed by atoms with Crippen molar-refractivity contribution in [3.63, 3.8) is 0 Å². The fourth-order valence-corrected chi connectivity index (χ4v) is 2.13. The molecule has 1 aromatic heterocycles. The Morgan fingerprint density at radius 1 is 1.47 bits per heavy atom. The van der Waals surface area contributed by atoms with Crippen LogP contribution < -0.4 is 0 Å². The number of hydrogen-bond donors (Lipinski definition) is 0. The molecule has 0 aromatic carbocycles. The molecular formula is C12H16Cl2N2O3. The van der Waals surface area contributed by atoms with Crippen LogP contribution in [0.3, 0.4) is 0 Å². The maximum absolute atomic E-state index is 5.91. The van der Waals surface area contributed by atoms with E-state index in [0.29, 0.717) is 25.0 Å². The lowest BCUT2D eigenvalue weighted by atomic mass is 10.3. The number of aromatic nitrogens is 2. The number of halogens is 2. The Morgan fingerprint density at radius 3 is 2.89 bits per heavy atom. The molecule has 1 aliphatic heterocycles. The second-order valence-electron chi connectivity index (χ2n) is 4.75. The quantitative estimate of drug-likeness (QED) is 0.475. The third-order valence-electron chi connectivity index (χ3n) is 2.69. The highest BCUT2D eigenvalue weighted by molar-refractivity contribution is 6.32. The van der Waals surface area contributed by atoms with Crippen LogP contribution in [0.4, 0.5) is 0 Å². The summed E-state index contributed by atoms with van der Waals surface area (Å²) in [7, 11) is 0. The van der Waals surface area contributed by atoms with Crippen molar-refractivity contribution in [2.75, 3.05) is 13.2 Å². The van der Waals surface area contributed by atoms with Crippen molar-refractivity contribution in [2.45, 2.75) is 38.8 Å². The smallest absolute Gasteiger partial charge is 0.223 e. The van der Waals surface area contributed by atoms with Crippen LogP contribution in [0, 0.1) is 0 Å². The maximum Gasteiger partial charge on any atom is 0.223 e. The molecule has 0 N–H and O–H groups in total. The highest BCUT2D eigenvalue weighted by Crippen LogP contribution is 2.24. The van der Waals surface area contributed by atoms with Crippen LogP contribution in [0.5, 0.6) is 0 Å². The average molecular weight is 307 g/mol. The number of nitrogens with zero attached hydrogens (tertiary/aromatic N) is 2. The minimum absolute atomic E-state index is 0.0759. The Kier molecular flexibility index (Phi) is 4.97. The van der Waals surface area contributed by atoms with Gasteiger partial charge in [-0.3, -0.25) is 0 Å². The molecular weight excluding hydrogens is 291 g/mol. The molecule has 2 rings (SSSR count). The third-order valence-corrected chi connectivity index (χ3v) is 3.20. The molecule has 19 heavy (non-hydrogen) atoms. The van der Waals surface area contributed by atoms with Gasteiger partial charge in [-0.25, -0.2) is 9.97 Å². The van der Waals surface area contributed by atoms with Gasteiger partial charge < -0.3 is 14.2 Å². The normalized spacial score (nSPS) is 21.8. The Balaban J connectivity index is 1.70. The van der Waals surface area contributed by atoms with E-state index in [1.807, 2.05) is 13.8 Å². The molecule has 5 nitrogen and oxygen atoms in total. The molecule has 2 heterocycles. The minimum Gasteiger partial charge on any atom is -0.376 e. The summed E-state index contributed by atoms with van der Waals surface area (Å²) >= 11 is 11.5. The van der Waals surface area contributed by atoms with Crippen molar-refractivity contribution in [3.8, 4) is 0 Å². The molecule has 1 unspecified atom stereocenters. The van der Waals surface area contributed by atoms with Crippen LogP contribution in [0.15, 0.2) is 6.20 Å². The number of ether oxygens (including phenoxy) is 3. The lowest BCUT2D eigenvalue weighted by molar-refractivity contribution is -0.140. The highest BCUT2D eigenvalue weighted by atomic mass is 35.5. The Morgan fingerprint density at radius 2 is 2.26 bits per heavy atom. The van der Waals surface area contributed by atoms with Crippen molar-refractivity contribution >= 4 is 23.2 Å².